The van der Waals surface area contributed by atoms with Crippen LogP contribution in [0.15, 0.2) is 42.7 Å². The third-order valence-electron chi connectivity index (χ3n) is 4.40. The van der Waals surface area contributed by atoms with Gasteiger partial charge in [-0.2, -0.15) is 0 Å². The summed E-state index contributed by atoms with van der Waals surface area (Å²) in [6.45, 7) is 1.71. The second kappa shape index (κ2) is 8.81. The van der Waals surface area contributed by atoms with E-state index < -0.39 is 0 Å². The number of amides is 1. The van der Waals surface area contributed by atoms with Gasteiger partial charge in [0, 0.05) is 43.0 Å². The van der Waals surface area contributed by atoms with Crippen molar-refractivity contribution in [3.05, 3.63) is 53.3 Å². The van der Waals surface area contributed by atoms with Gasteiger partial charge in [0.05, 0.1) is 0 Å². The molecule has 1 aromatic carbocycles. The molecule has 5 nitrogen and oxygen atoms in total. The molecule has 2 aromatic rings. The number of anilines is 1. The van der Waals surface area contributed by atoms with E-state index in [1.165, 1.54) is 5.56 Å². The number of hydrogen-bond acceptors (Lipinski definition) is 4. The first kappa shape index (κ1) is 17.7. The van der Waals surface area contributed by atoms with Crippen molar-refractivity contribution in [3.8, 4) is 0 Å². The van der Waals surface area contributed by atoms with Gasteiger partial charge >= 0.3 is 0 Å². The zero-order valence-electron chi connectivity index (χ0n) is 14.2. The van der Waals surface area contributed by atoms with Crippen molar-refractivity contribution in [2.45, 2.75) is 38.1 Å². The van der Waals surface area contributed by atoms with E-state index >= 15 is 0 Å². The van der Waals surface area contributed by atoms with Gasteiger partial charge in [0.2, 0.25) is 11.9 Å². The van der Waals surface area contributed by atoms with E-state index in [1.807, 2.05) is 30.3 Å². The van der Waals surface area contributed by atoms with Crippen LogP contribution in [0, 0.1) is 0 Å². The van der Waals surface area contributed by atoms with Crippen LogP contribution in [0.1, 0.15) is 31.2 Å². The summed E-state index contributed by atoms with van der Waals surface area (Å²) in [5.41, 5.74) is 1.21. The topological polar surface area (TPSA) is 58.1 Å². The molecule has 25 heavy (non-hydrogen) atoms. The van der Waals surface area contributed by atoms with Crippen molar-refractivity contribution < 1.29 is 4.79 Å². The molecule has 2 heterocycles. The van der Waals surface area contributed by atoms with E-state index in [9.17, 15) is 4.79 Å². The first-order chi connectivity index (χ1) is 12.2. The van der Waals surface area contributed by atoms with Gasteiger partial charge in [-0.1, -0.05) is 23.7 Å². The molecule has 1 aromatic heterocycles. The Morgan fingerprint density at radius 2 is 2.00 bits per heavy atom. The first-order valence-corrected chi connectivity index (χ1v) is 9.14. The van der Waals surface area contributed by atoms with Crippen LogP contribution in [-0.2, 0) is 11.2 Å². The molecule has 1 saturated heterocycles. The molecule has 132 valence electrons. The molecule has 0 aliphatic carbocycles. The molecule has 6 heteroatoms. The number of piperidine rings is 1. The molecule has 0 radical (unpaired) electrons. The zero-order chi connectivity index (χ0) is 17.5. The minimum Gasteiger partial charge on any atom is -0.352 e. The molecule has 1 aliphatic heterocycles. The molecule has 0 spiro atoms. The SMILES string of the molecule is O=C(CCCc1ccc(Cl)cc1)N[C@H]1CCCN(c2ncccn2)C1. The molecular formula is C19H23ClN4O. The van der Waals surface area contributed by atoms with Crippen LogP contribution in [0.25, 0.3) is 0 Å². The second-order valence-corrected chi connectivity index (χ2v) is 6.82. The van der Waals surface area contributed by atoms with Crippen molar-refractivity contribution in [1.29, 1.82) is 0 Å². The highest BCUT2D eigenvalue weighted by molar-refractivity contribution is 6.30. The minimum atomic E-state index is 0.120. The highest BCUT2D eigenvalue weighted by Crippen LogP contribution is 2.16. The first-order valence-electron chi connectivity index (χ1n) is 8.76. The van der Waals surface area contributed by atoms with Crippen molar-refractivity contribution >= 4 is 23.5 Å². The third kappa shape index (κ3) is 5.43. The van der Waals surface area contributed by atoms with Crippen LogP contribution < -0.4 is 10.2 Å². The maximum atomic E-state index is 12.2. The van der Waals surface area contributed by atoms with E-state index in [1.54, 1.807) is 12.4 Å². The van der Waals surface area contributed by atoms with Crippen molar-refractivity contribution in [3.63, 3.8) is 0 Å². The summed E-state index contributed by atoms with van der Waals surface area (Å²) >= 11 is 5.88. The molecule has 1 atom stereocenters. The largest absolute Gasteiger partial charge is 0.352 e. The van der Waals surface area contributed by atoms with Crippen LogP contribution in [0.5, 0.6) is 0 Å². The fourth-order valence-electron chi connectivity index (χ4n) is 3.14. The lowest BCUT2D eigenvalue weighted by Crippen LogP contribution is -2.48. The Kier molecular flexibility index (Phi) is 6.23. The normalized spacial score (nSPS) is 17.3. The highest BCUT2D eigenvalue weighted by Gasteiger charge is 2.22. The zero-order valence-corrected chi connectivity index (χ0v) is 15.0. The van der Waals surface area contributed by atoms with Gasteiger partial charge in [-0.15, -0.1) is 0 Å². The Bertz CT molecular complexity index is 678. The van der Waals surface area contributed by atoms with Crippen molar-refractivity contribution in [2.75, 3.05) is 18.0 Å². The third-order valence-corrected chi connectivity index (χ3v) is 4.66. The molecule has 0 unspecified atom stereocenters. The van der Waals surface area contributed by atoms with Crippen LogP contribution in [0.2, 0.25) is 5.02 Å². The predicted octanol–water partition coefficient (Wildman–Crippen LogP) is 3.24. The van der Waals surface area contributed by atoms with Crippen LogP contribution >= 0.6 is 11.6 Å². The number of carbonyl (C=O) groups is 1. The fourth-order valence-corrected chi connectivity index (χ4v) is 3.26. The van der Waals surface area contributed by atoms with E-state index in [0.717, 1.165) is 49.7 Å². The summed E-state index contributed by atoms with van der Waals surface area (Å²) in [5, 5.41) is 3.90. The number of nitrogens with zero attached hydrogens (tertiary/aromatic N) is 3. The minimum absolute atomic E-state index is 0.120. The van der Waals surface area contributed by atoms with Gasteiger partial charge in [0.1, 0.15) is 0 Å². The summed E-state index contributed by atoms with van der Waals surface area (Å²) in [5.74, 6) is 0.860. The Hall–Kier alpha value is -2.14. The van der Waals surface area contributed by atoms with Crippen molar-refractivity contribution in [2.24, 2.45) is 0 Å². The number of benzene rings is 1. The average molecular weight is 359 g/mol. The fraction of sp³-hybridized carbons (Fsp3) is 0.421. The Morgan fingerprint density at radius 3 is 2.76 bits per heavy atom. The smallest absolute Gasteiger partial charge is 0.225 e. The molecule has 1 N–H and O–H groups in total. The second-order valence-electron chi connectivity index (χ2n) is 6.38. The quantitative estimate of drug-likeness (QED) is 0.861. The van der Waals surface area contributed by atoms with Gasteiger partial charge in [0.25, 0.3) is 0 Å². The van der Waals surface area contributed by atoms with E-state index in [2.05, 4.69) is 20.2 Å². The van der Waals surface area contributed by atoms with E-state index in [-0.39, 0.29) is 11.9 Å². The standard InChI is InChI=1S/C19H23ClN4O/c20-16-9-7-15(8-10-16)4-1-6-18(25)23-17-5-2-13-24(14-17)19-21-11-3-12-22-19/h3,7-12,17H,1-2,4-6,13-14H2,(H,23,25)/t17-/m0/s1. The molecular weight excluding hydrogens is 336 g/mol. The van der Waals surface area contributed by atoms with Gasteiger partial charge < -0.3 is 10.2 Å². The number of nitrogens with one attached hydrogen (secondary N) is 1. The van der Waals surface area contributed by atoms with Crippen LogP contribution in [-0.4, -0.2) is 35.0 Å². The monoisotopic (exact) mass is 358 g/mol. The maximum absolute atomic E-state index is 12.2. The lowest BCUT2D eigenvalue weighted by atomic mass is 10.0. The molecule has 3 rings (SSSR count). The number of hydrogen-bond donors (Lipinski definition) is 1. The summed E-state index contributed by atoms with van der Waals surface area (Å²) in [6.07, 6.45) is 7.81. The Morgan fingerprint density at radius 1 is 1.24 bits per heavy atom. The lowest BCUT2D eigenvalue weighted by Gasteiger charge is -2.33. The molecule has 1 fully saturated rings. The Labute approximate surface area is 153 Å². The molecule has 1 aliphatic rings. The lowest BCUT2D eigenvalue weighted by molar-refractivity contribution is -0.121. The molecule has 0 bridgehead atoms. The van der Waals surface area contributed by atoms with Crippen LogP contribution in [0.3, 0.4) is 0 Å². The maximum Gasteiger partial charge on any atom is 0.225 e. The van der Waals surface area contributed by atoms with Crippen molar-refractivity contribution in [1.82, 2.24) is 15.3 Å². The number of carbonyl (C=O) groups excluding carboxylic acids is 1. The molecule has 1 amide bonds. The molecule has 0 saturated carbocycles. The summed E-state index contributed by atoms with van der Waals surface area (Å²) in [7, 11) is 0. The van der Waals surface area contributed by atoms with Gasteiger partial charge in [-0.25, -0.2) is 9.97 Å². The van der Waals surface area contributed by atoms with Gasteiger partial charge in [-0.05, 0) is 49.4 Å². The summed E-state index contributed by atoms with van der Waals surface area (Å²) in [6, 6.07) is 9.78. The number of rotatable bonds is 6. The highest BCUT2D eigenvalue weighted by atomic mass is 35.5. The van der Waals surface area contributed by atoms with Crippen LogP contribution in [0.4, 0.5) is 5.95 Å². The summed E-state index contributed by atoms with van der Waals surface area (Å²) < 4.78 is 0. The average Bonchev–Trinajstić information content (AvgIpc) is 2.64. The summed E-state index contributed by atoms with van der Waals surface area (Å²) in [4.78, 5) is 23.0. The van der Waals surface area contributed by atoms with Gasteiger partial charge in [0.15, 0.2) is 0 Å². The number of aromatic nitrogens is 2. The Balaban J connectivity index is 1.42. The number of halogens is 1. The van der Waals surface area contributed by atoms with Gasteiger partial charge in [-0.3, -0.25) is 4.79 Å². The predicted molar refractivity (Wildman–Crippen MR) is 99.8 cm³/mol. The van der Waals surface area contributed by atoms with E-state index in [4.69, 9.17) is 11.6 Å². The van der Waals surface area contributed by atoms with E-state index in [0.29, 0.717) is 6.42 Å². The number of aryl methyl sites for hydroxylation is 1.